The number of ether oxygens (including phenoxy) is 2. The highest BCUT2D eigenvalue weighted by Gasteiger charge is 2.33. The third kappa shape index (κ3) is 4.50. The number of carbonyl (C=O) groups is 2. The van der Waals surface area contributed by atoms with E-state index in [2.05, 4.69) is 5.32 Å². The summed E-state index contributed by atoms with van der Waals surface area (Å²) < 4.78 is 48.6. The number of fused-ring (bicyclic) bond motifs is 1. The quantitative estimate of drug-likeness (QED) is 0.778. The van der Waals surface area contributed by atoms with E-state index in [1.807, 2.05) is 0 Å². The van der Waals surface area contributed by atoms with Gasteiger partial charge in [-0.15, -0.1) is 0 Å². The number of halogens is 3. The second kappa shape index (κ2) is 7.89. The maximum Gasteiger partial charge on any atom is 0.416 e. The van der Waals surface area contributed by atoms with Gasteiger partial charge in [-0.05, 0) is 48.7 Å². The van der Waals surface area contributed by atoms with Gasteiger partial charge in [0.2, 0.25) is 12.7 Å². The minimum Gasteiger partial charge on any atom is -0.454 e. The highest BCUT2D eigenvalue weighted by molar-refractivity contribution is 5.97. The minimum atomic E-state index is -4.40. The van der Waals surface area contributed by atoms with E-state index >= 15 is 0 Å². The molecule has 0 bridgehead atoms. The largest absolute Gasteiger partial charge is 0.454 e. The molecule has 0 unspecified atom stereocenters. The van der Waals surface area contributed by atoms with Gasteiger partial charge in [0.15, 0.2) is 11.5 Å². The number of nitrogens with one attached hydrogen (secondary N) is 1. The van der Waals surface area contributed by atoms with Crippen molar-refractivity contribution in [1.29, 1.82) is 0 Å². The summed E-state index contributed by atoms with van der Waals surface area (Å²) in [6.07, 6.45) is -2.73. The van der Waals surface area contributed by atoms with E-state index in [9.17, 15) is 22.8 Å². The molecule has 1 fully saturated rings. The van der Waals surface area contributed by atoms with Crippen LogP contribution in [-0.4, -0.2) is 36.1 Å². The number of carbonyl (C=O) groups excluding carboxylic acids is 2. The van der Waals surface area contributed by atoms with Crippen LogP contribution in [0.2, 0.25) is 0 Å². The molecule has 9 heteroatoms. The Morgan fingerprint density at radius 1 is 1.03 bits per heavy atom. The number of hydrogen-bond donors (Lipinski definition) is 1. The van der Waals surface area contributed by atoms with Gasteiger partial charge in [0.1, 0.15) is 0 Å². The zero-order valence-corrected chi connectivity index (χ0v) is 15.9. The van der Waals surface area contributed by atoms with Crippen LogP contribution in [0.4, 0.5) is 13.2 Å². The van der Waals surface area contributed by atoms with E-state index in [0.29, 0.717) is 22.6 Å². The lowest BCUT2D eigenvalue weighted by atomic mass is 10.1. The molecule has 2 aromatic rings. The number of nitrogens with zero attached hydrogens (tertiary/aromatic N) is 1. The highest BCUT2D eigenvalue weighted by atomic mass is 19.4. The molecule has 2 aromatic carbocycles. The monoisotopic (exact) mass is 420 g/mol. The Kier molecular flexibility index (Phi) is 5.27. The van der Waals surface area contributed by atoms with Gasteiger partial charge in [-0.1, -0.05) is 12.1 Å². The predicted molar refractivity (Wildman–Crippen MR) is 99.9 cm³/mol. The minimum absolute atomic E-state index is 0.0437. The van der Waals surface area contributed by atoms with Gasteiger partial charge < -0.3 is 19.7 Å². The third-order valence-electron chi connectivity index (χ3n) is 4.98. The number of alkyl halides is 3. The van der Waals surface area contributed by atoms with E-state index in [4.69, 9.17) is 9.47 Å². The number of benzene rings is 2. The van der Waals surface area contributed by atoms with Crippen molar-refractivity contribution in [2.75, 3.05) is 13.3 Å². The lowest BCUT2D eigenvalue weighted by molar-refractivity contribution is -0.137. The molecule has 2 amide bonds. The van der Waals surface area contributed by atoms with Crippen molar-refractivity contribution in [2.24, 2.45) is 0 Å². The Balaban J connectivity index is 1.36. The summed E-state index contributed by atoms with van der Waals surface area (Å²) in [6, 6.07) is 9.55. The van der Waals surface area contributed by atoms with Crippen molar-refractivity contribution in [2.45, 2.75) is 31.6 Å². The van der Waals surface area contributed by atoms with E-state index in [1.165, 1.54) is 12.1 Å². The van der Waals surface area contributed by atoms with Crippen LogP contribution in [0.25, 0.3) is 0 Å². The van der Waals surface area contributed by atoms with Gasteiger partial charge in [-0.2, -0.15) is 13.2 Å². The fourth-order valence-electron chi connectivity index (χ4n) is 3.20. The predicted octanol–water partition coefficient (Wildman–Crippen LogP) is 3.36. The molecule has 6 nitrogen and oxygen atoms in total. The van der Waals surface area contributed by atoms with E-state index in [1.54, 1.807) is 23.1 Å². The Morgan fingerprint density at radius 2 is 1.73 bits per heavy atom. The Bertz CT molecular complexity index is 956. The van der Waals surface area contributed by atoms with Crippen LogP contribution < -0.4 is 14.8 Å². The van der Waals surface area contributed by atoms with Gasteiger partial charge >= 0.3 is 6.18 Å². The lowest BCUT2D eigenvalue weighted by Crippen LogP contribution is -2.41. The first-order chi connectivity index (χ1) is 14.3. The maximum absolute atomic E-state index is 12.7. The molecule has 0 aromatic heterocycles. The van der Waals surface area contributed by atoms with Crippen LogP contribution in [0.3, 0.4) is 0 Å². The van der Waals surface area contributed by atoms with Crippen molar-refractivity contribution in [1.82, 2.24) is 10.2 Å². The molecule has 1 aliphatic heterocycles. The van der Waals surface area contributed by atoms with Gasteiger partial charge in [-0.3, -0.25) is 9.59 Å². The van der Waals surface area contributed by atoms with Gasteiger partial charge in [0.25, 0.3) is 5.91 Å². The first-order valence-electron chi connectivity index (χ1n) is 9.45. The summed E-state index contributed by atoms with van der Waals surface area (Å²) in [5, 5.41) is 2.59. The second-order valence-corrected chi connectivity index (χ2v) is 7.20. The van der Waals surface area contributed by atoms with Gasteiger partial charge in [-0.25, -0.2) is 0 Å². The molecule has 1 N–H and O–H groups in total. The number of amides is 2. The van der Waals surface area contributed by atoms with Crippen LogP contribution in [0.5, 0.6) is 11.5 Å². The van der Waals surface area contributed by atoms with Crippen molar-refractivity contribution in [3.8, 4) is 11.5 Å². The van der Waals surface area contributed by atoms with Crippen molar-refractivity contribution in [3.63, 3.8) is 0 Å². The van der Waals surface area contributed by atoms with Gasteiger partial charge in [0, 0.05) is 18.2 Å². The molecule has 158 valence electrons. The number of hydrogen-bond acceptors (Lipinski definition) is 4. The zero-order chi connectivity index (χ0) is 21.3. The smallest absolute Gasteiger partial charge is 0.416 e. The highest BCUT2D eigenvalue weighted by Crippen LogP contribution is 2.33. The van der Waals surface area contributed by atoms with Crippen LogP contribution in [-0.2, 0) is 17.5 Å². The second-order valence-electron chi connectivity index (χ2n) is 7.20. The van der Waals surface area contributed by atoms with E-state index in [-0.39, 0.29) is 31.8 Å². The van der Waals surface area contributed by atoms with E-state index < -0.39 is 17.6 Å². The van der Waals surface area contributed by atoms with E-state index in [0.717, 1.165) is 25.0 Å². The normalized spacial score (nSPS) is 15.0. The molecule has 2 aliphatic rings. The lowest BCUT2D eigenvalue weighted by Gasteiger charge is -2.23. The molecule has 1 aliphatic carbocycles. The first kappa shape index (κ1) is 20.1. The molecule has 0 spiro atoms. The Labute approximate surface area is 170 Å². The Morgan fingerprint density at radius 3 is 2.40 bits per heavy atom. The molecule has 1 saturated carbocycles. The van der Waals surface area contributed by atoms with Crippen molar-refractivity contribution < 1.29 is 32.2 Å². The van der Waals surface area contributed by atoms with Gasteiger partial charge in [0.05, 0.1) is 12.1 Å². The van der Waals surface area contributed by atoms with Crippen LogP contribution in [0.1, 0.15) is 34.3 Å². The summed E-state index contributed by atoms with van der Waals surface area (Å²) in [7, 11) is 0. The number of rotatable bonds is 6. The summed E-state index contributed by atoms with van der Waals surface area (Å²) >= 11 is 0. The van der Waals surface area contributed by atoms with Crippen LogP contribution >= 0.6 is 0 Å². The third-order valence-corrected chi connectivity index (χ3v) is 4.98. The summed E-state index contributed by atoms with van der Waals surface area (Å²) in [5.41, 5.74) is 0.213. The maximum atomic E-state index is 12.7. The zero-order valence-electron chi connectivity index (χ0n) is 15.9. The topological polar surface area (TPSA) is 67.9 Å². The average Bonchev–Trinajstić information content (AvgIpc) is 3.45. The van der Waals surface area contributed by atoms with Crippen molar-refractivity contribution in [3.05, 3.63) is 59.2 Å². The molecular weight excluding hydrogens is 401 g/mol. The summed E-state index contributed by atoms with van der Waals surface area (Å²) in [5.74, 6) is 0.313. The molecule has 0 radical (unpaired) electrons. The molecule has 30 heavy (non-hydrogen) atoms. The Hall–Kier alpha value is -3.23. The molecule has 0 saturated heterocycles. The fraction of sp³-hybridized carbons (Fsp3) is 0.333. The summed E-state index contributed by atoms with van der Waals surface area (Å²) in [4.78, 5) is 26.6. The fourth-order valence-corrected chi connectivity index (χ4v) is 3.20. The average molecular weight is 420 g/mol. The first-order valence-corrected chi connectivity index (χ1v) is 9.45. The summed E-state index contributed by atoms with van der Waals surface area (Å²) in [6.45, 7) is 0.0884. The SMILES string of the molecule is O=C(NCC(=O)N(Cc1ccc(C(F)(F)F)cc1)C1CC1)c1ccc2c(c1)OCO2. The van der Waals surface area contributed by atoms with Crippen molar-refractivity contribution >= 4 is 11.8 Å². The molecular formula is C21H19F3N2O4. The molecule has 0 atom stereocenters. The standard InChI is InChI=1S/C21H19F3N2O4/c22-21(23,24)15-4-1-13(2-5-15)11-26(16-6-7-16)19(27)10-25-20(28)14-3-8-17-18(9-14)30-12-29-17/h1-5,8-9,16H,6-7,10-12H2,(H,25,28). The molecule has 4 rings (SSSR count). The van der Waals surface area contributed by atoms with Crippen LogP contribution in [0.15, 0.2) is 42.5 Å². The molecule has 1 heterocycles. The van der Waals surface area contributed by atoms with Crippen LogP contribution in [0, 0.1) is 0 Å².